The smallest absolute Gasteiger partial charge is 0.264 e. The van der Waals surface area contributed by atoms with Crippen LogP contribution in [0.1, 0.15) is 52.5 Å². The number of benzene rings is 2. The number of carbonyl (C=O) groups is 1. The van der Waals surface area contributed by atoms with Crippen molar-refractivity contribution in [2.75, 3.05) is 19.4 Å². The van der Waals surface area contributed by atoms with Crippen LogP contribution in [0.3, 0.4) is 0 Å². The Labute approximate surface area is 203 Å². The van der Waals surface area contributed by atoms with Crippen molar-refractivity contribution >= 4 is 33.3 Å². The Hall–Kier alpha value is -3.08. The Morgan fingerprint density at radius 3 is 2.59 bits per heavy atom. The summed E-state index contributed by atoms with van der Waals surface area (Å²) in [7, 11) is -3.71. The van der Waals surface area contributed by atoms with E-state index in [4.69, 9.17) is 20.8 Å². The van der Waals surface area contributed by atoms with Gasteiger partial charge in [-0.15, -0.1) is 10.2 Å². The SMILES string of the molecule is CCCNC(=O)c1ccc2c(c1)C(c1ccc(Cl)cc1)=N[C@@H](COS(C)(=O)=O)c1nnc(C)n1-2. The predicted molar refractivity (Wildman–Crippen MR) is 129 cm³/mol. The summed E-state index contributed by atoms with van der Waals surface area (Å²) < 4.78 is 30.3. The Bertz CT molecular complexity index is 1370. The molecule has 0 radical (unpaired) electrons. The zero-order chi connectivity index (χ0) is 24.5. The van der Waals surface area contributed by atoms with Crippen LogP contribution >= 0.6 is 11.6 Å². The number of aliphatic imine (C=N–C) groups is 1. The van der Waals surface area contributed by atoms with Crippen LogP contribution in [0.5, 0.6) is 0 Å². The molecule has 0 aliphatic carbocycles. The van der Waals surface area contributed by atoms with Crippen LogP contribution in [0.2, 0.25) is 5.02 Å². The van der Waals surface area contributed by atoms with Gasteiger partial charge in [0.25, 0.3) is 16.0 Å². The second-order valence-corrected chi connectivity index (χ2v) is 10.00. The third-order valence-corrected chi connectivity index (χ3v) is 6.10. The normalized spacial score (nSPS) is 15.2. The fourth-order valence-electron chi connectivity index (χ4n) is 3.72. The van der Waals surface area contributed by atoms with Crippen molar-refractivity contribution < 1.29 is 17.4 Å². The number of rotatable bonds is 7. The van der Waals surface area contributed by atoms with Crippen LogP contribution in [0.4, 0.5) is 0 Å². The molecule has 2 heterocycles. The molecule has 1 aliphatic heterocycles. The molecule has 34 heavy (non-hydrogen) atoms. The predicted octanol–water partition coefficient (Wildman–Crippen LogP) is 3.24. The van der Waals surface area contributed by atoms with Crippen molar-refractivity contribution in [2.24, 2.45) is 4.99 Å². The number of halogens is 1. The minimum atomic E-state index is -3.71. The lowest BCUT2D eigenvalue weighted by Gasteiger charge is -2.14. The third-order valence-electron chi connectivity index (χ3n) is 5.28. The standard InChI is InChI=1S/C23H24ClN5O4S/c1-4-11-25-23(30)16-7-10-20-18(12-16)21(15-5-8-17(24)9-6-15)26-19(13-33-34(3,31)32)22-28-27-14(2)29(20)22/h5-10,12,19H,4,11,13H2,1-3H3,(H,25,30)/t19-/m0/s1. The maximum atomic E-state index is 12.7. The van der Waals surface area contributed by atoms with E-state index in [-0.39, 0.29) is 12.5 Å². The molecule has 1 amide bonds. The first-order valence-electron chi connectivity index (χ1n) is 10.7. The van der Waals surface area contributed by atoms with Crippen molar-refractivity contribution in [3.8, 4) is 5.69 Å². The summed E-state index contributed by atoms with van der Waals surface area (Å²) in [6, 6.07) is 11.7. The van der Waals surface area contributed by atoms with Crippen molar-refractivity contribution in [1.29, 1.82) is 0 Å². The van der Waals surface area contributed by atoms with Gasteiger partial charge in [-0.2, -0.15) is 8.42 Å². The lowest BCUT2D eigenvalue weighted by Crippen LogP contribution is -2.24. The largest absolute Gasteiger partial charge is 0.352 e. The second-order valence-electron chi connectivity index (χ2n) is 7.92. The molecule has 178 valence electrons. The molecular weight excluding hydrogens is 478 g/mol. The molecule has 0 bridgehead atoms. The summed E-state index contributed by atoms with van der Waals surface area (Å²) in [4.78, 5) is 17.6. The van der Waals surface area contributed by atoms with Crippen molar-refractivity contribution in [3.63, 3.8) is 0 Å². The zero-order valence-electron chi connectivity index (χ0n) is 18.9. The molecule has 4 rings (SSSR count). The van der Waals surface area contributed by atoms with Gasteiger partial charge in [0.2, 0.25) is 0 Å². The number of carbonyl (C=O) groups excluding carboxylic acids is 1. The maximum Gasteiger partial charge on any atom is 0.264 e. The second kappa shape index (κ2) is 9.65. The maximum absolute atomic E-state index is 12.7. The van der Waals surface area contributed by atoms with Gasteiger partial charge in [0.15, 0.2) is 5.82 Å². The first-order chi connectivity index (χ1) is 16.2. The molecule has 3 aromatic rings. The van der Waals surface area contributed by atoms with E-state index >= 15 is 0 Å². The van der Waals surface area contributed by atoms with Crippen LogP contribution in [-0.2, 0) is 14.3 Å². The minimum absolute atomic E-state index is 0.193. The summed E-state index contributed by atoms with van der Waals surface area (Å²) in [5, 5.41) is 11.9. The van der Waals surface area contributed by atoms with Crippen molar-refractivity contribution in [3.05, 3.63) is 75.8 Å². The lowest BCUT2D eigenvalue weighted by atomic mass is 9.98. The Kier molecular flexibility index (Phi) is 6.83. The van der Waals surface area contributed by atoms with Crippen molar-refractivity contribution in [2.45, 2.75) is 26.3 Å². The fraction of sp³-hybridized carbons (Fsp3) is 0.304. The van der Waals surface area contributed by atoms with Gasteiger partial charge in [-0.05, 0) is 43.7 Å². The molecule has 2 aromatic carbocycles. The first kappa shape index (κ1) is 24.1. The number of aromatic nitrogens is 3. The van der Waals surface area contributed by atoms with Gasteiger partial charge in [-0.1, -0.05) is 30.7 Å². The molecule has 0 saturated carbocycles. The highest BCUT2D eigenvalue weighted by Gasteiger charge is 2.29. The van der Waals surface area contributed by atoms with E-state index in [0.717, 1.165) is 23.9 Å². The average Bonchev–Trinajstić information content (AvgIpc) is 3.11. The summed E-state index contributed by atoms with van der Waals surface area (Å²) in [5.74, 6) is 0.841. The van der Waals surface area contributed by atoms with E-state index in [0.29, 0.717) is 40.1 Å². The average molecular weight is 502 g/mol. The summed E-state index contributed by atoms with van der Waals surface area (Å²) in [5.41, 5.74) is 3.19. The van der Waals surface area contributed by atoms with Crippen LogP contribution in [-0.4, -0.2) is 54.2 Å². The van der Waals surface area contributed by atoms with E-state index in [9.17, 15) is 13.2 Å². The lowest BCUT2D eigenvalue weighted by molar-refractivity contribution is 0.0953. The van der Waals surface area contributed by atoms with Gasteiger partial charge in [-0.25, -0.2) is 0 Å². The molecule has 0 saturated heterocycles. The summed E-state index contributed by atoms with van der Waals surface area (Å²) in [6.45, 7) is 4.10. The molecule has 1 atom stereocenters. The minimum Gasteiger partial charge on any atom is -0.352 e. The Morgan fingerprint density at radius 2 is 1.91 bits per heavy atom. The Balaban J connectivity index is 1.93. The van der Waals surface area contributed by atoms with E-state index < -0.39 is 16.2 Å². The molecule has 1 aromatic heterocycles. The first-order valence-corrected chi connectivity index (χ1v) is 12.9. The number of nitrogens with zero attached hydrogens (tertiary/aromatic N) is 4. The molecule has 11 heteroatoms. The fourth-order valence-corrected chi connectivity index (χ4v) is 4.22. The topological polar surface area (TPSA) is 116 Å². The molecular formula is C23H24ClN5O4S. The van der Waals surface area contributed by atoms with Gasteiger partial charge < -0.3 is 5.32 Å². The number of hydrogen-bond acceptors (Lipinski definition) is 7. The van der Waals surface area contributed by atoms with E-state index in [2.05, 4.69) is 15.5 Å². The number of amides is 1. The van der Waals surface area contributed by atoms with Gasteiger partial charge in [0, 0.05) is 28.3 Å². The van der Waals surface area contributed by atoms with E-state index in [1.165, 1.54) is 0 Å². The van der Waals surface area contributed by atoms with Crippen LogP contribution < -0.4 is 5.32 Å². The summed E-state index contributed by atoms with van der Waals surface area (Å²) >= 11 is 6.10. The number of nitrogens with one attached hydrogen (secondary N) is 1. The zero-order valence-corrected chi connectivity index (χ0v) is 20.5. The monoisotopic (exact) mass is 501 g/mol. The number of hydrogen-bond donors (Lipinski definition) is 1. The van der Waals surface area contributed by atoms with Gasteiger partial charge in [0.05, 0.1) is 24.3 Å². The molecule has 9 nitrogen and oxygen atoms in total. The van der Waals surface area contributed by atoms with Crippen LogP contribution in [0.15, 0.2) is 47.5 Å². The molecule has 0 fully saturated rings. The van der Waals surface area contributed by atoms with Gasteiger partial charge >= 0.3 is 0 Å². The molecule has 1 aliphatic rings. The van der Waals surface area contributed by atoms with E-state index in [1.54, 1.807) is 31.2 Å². The number of fused-ring (bicyclic) bond motifs is 3. The number of aryl methyl sites for hydroxylation is 1. The van der Waals surface area contributed by atoms with Gasteiger partial charge in [-0.3, -0.25) is 18.5 Å². The van der Waals surface area contributed by atoms with E-state index in [1.807, 2.05) is 29.7 Å². The molecule has 0 unspecified atom stereocenters. The molecule has 0 spiro atoms. The van der Waals surface area contributed by atoms with Crippen LogP contribution in [0.25, 0.3) is 5.69 Å². The van der Waals surface area contributed by atoms with Crippen molar-refractivity contribution in [1.82, 2.24) is 20.1 Å². The Morgan fingerprint density at radius 1 is 1.18 bits per heavy atom. The highest BCUT2D eigenvalue weighted by Crippen LogP contribution is 2.32. The molecule has 1 N–H and O–H groups in total. The van der Waals surface area contributed by atoms with Crippen LogP contribution in [0, 0.1) is 6.92 Å². The van der Waals surface area contributed by atoms with Gasteiger partial charge in [0.1, 0.15) is 11.9 Å². The highest BCUT2D eigenvalue weighted by molar-refractivity contribution is 7.85. The third kappa shape index (κ3) is 5.03. The quantitative estimate of drug-likeness (QED) is 0.497. The highest BCUT2D eigenvalue weighted by atomic mass is 35.5. The summed E-state index contributed by atoms with van der Waals surface area (Å²) in [6.07, 6.45) is 1.80.